The van der Waals surface area contributed by atoms with E-state index in [0.29, 0.717) is 12.0 Å². The van der Waals surface area contributed by atoms with Crippen LogP contribution in [0, 0.1) is 0 Å². The van der Waals surface area contributed by atoms with E-state index >= 15 is 0 Å². The molecule has 0 radical (unpaired) electrons. The summed E-state index contributed by atoms with van der Waals surface area (Å²) in [6.45, 7) is 5.42. The number of carbonyl (C=O) groups is 2. The van der Waals surface area contributed by atoms with Crippen molar-refractivity contribution in [1.82, 2.24) is 5.32 Å². The predicted molar refractivity (Wildman–Crippen MR) is 67.5 cm³/mol. The van der Waals surface area contributed by atoms with Crippen LogP contribution in [0.25, 0.3) is 0 Å². The molecule has 0 saturated heterocycles. The van der Waals surface area contributed by atoms with Crippen LogP contribution >= 0.6 is 0 Å². The van der Waals surface area contributed by atoms with Gasteiger partial charge in [0.15, 0.2) is 5.78 Å². The zero-order chi connectivity index (χ0) is 13.3. The van der Waals surface area contributed by atoms with Gasteiger partial charge >= 0.3 is 6.09 Å². The van der Waals surface area contributed by atoms with Gasteiger partial charge in [0.25, 0.3) is 0 Å². The average molecular weight is 247 g/mol. The molecule has 0 saturated carbocycles. The van der Waals surface area contributed by atoms with Crippen molar-refractivity contribution in [2.45, 2.75) is 38.8 Å². The molecule has 1 aliphatic rings. The second-order valence-electron chi connectivity index (χ2n) is 5.41. The van der Waals surface area contributed by atoms with Gasteiger partial charge in [-0.1, -0.05) is 24.3 Å². The monoisotopic (exact) mass is 247 g/mol. The molecule has 1 aromatic carbocycles. The van der Waals surface area contributed by atoms with E-state index in [1.807, 2.05) is 18.2 Å². The quantitative estimate of drug-likeness (QED) is 0.830. The molecule has 4 heteroatoms. The predicted octanol–water partition coefficient (Wildman–Crippen LogP) is 2.84. The maximum absolute atomic E-state index is 11.8. The van der Waals surface area contributed by atoms with E-state index in [9.17, 15) is 9.59 Å². The van der Waals surface area contributed by atoms with E-state index in [1.165, 1.54) is 0 Å². The summed E-state index contributed by atoms with van der Waals surface area (Å²) in [5.41, 5.74) is 1.03. The minimum atomic E-state index is -0.536. The highest BCUT2D eigenvalue weighted by molar-refractivity contribution is 6.01. The van der Waals surface area contributed by atoms with Gasteiger partial charge in [-0.3, -0.25) is 4.79 Å². The van der Waals surface area contributed by atoms with Crippen molar-refractivity contribution in [2.75, 3.05) is 0 Å². The Kier molecular flexibility index (Phi) is 3.11. The third-order valence-corrected chi connectivity index (χ3v) is 2.72. The van der Waals surface area contributed by atoms with E-state index in [4.69, 9.17) is 4.74 Å². The molecule has 1 atom stereocenters. The first-order valence-corrected chi connectivity index (χ1v) is 5.98. The SMILES string of the molecule is CC(C)(C)OC(=O)N[C@@H]1CC(=O)c2ccccc21. The summed E-state index contributed by atoms with van der Waals surface area (Å²) in [5, 5.41) is 2.74. The maximum atomic E-state index is 11.8. The van der Waals surface area contributed by atoms with Crippen LogP contribution in [-0.2, 0) is 4.74 Å². The lowest BCUT2D eigenvalue weighted by molar-refractivity contribution is 0.0504. The third kappa shape index (κ3) is 2.70. The highest BCUT2D eigenvalue weighted by Gasteiger charge is 2.31. The molecule has 1 aromatic rings. The number of Topliss-reactive ketones (excluding diaryl/α,β-unsaturated/α-hetero) is 1. The molecule has 0 aliphatic heterocycles. The van der Waals surface area contributed by atoms with Gasteiger partial charge in [0, 0.05) is 12.0 Å². The molecule has 4 nitrogen and oxygen atoms in total. The Morgan fingerprint density at radius 1 is 1.33 bits per heavy atom. The Bertz CT molecular complexity index is 488. The van der Waals surface area contributed by atoms with Gasteiger partial charge in [-0.15, -0.1) is 0 Å². The van der Waals surface area contributed by atoms with Crippen LogP contribution in [0.5, 0.6) is 0 Å². The first-order chi connectivity index (χ1) is 8.37. The minimum Gasteiger partial charge on any atom is -0.444 e. The fraction of sp³-hybridized carbons (Fsp3) is 0.429. The largest absolute Gasteiger partial charge is 0.444 e. The summed E-state index contributed by atoms with van der Waals surface area (Å²) in [4.78, 5) is 23.4. The van der Waals surface area contributed by atoms with Crippen LogP contribution in [0.4, 0.5) is 4.79 Å². The number of nitrogens with one attached hydrogen (secondary N) is 1. The maximum Gasteiger partial charge on any atom is 0.408 e. The molecule has 0 aromatic heterocycles. The van der Waals surface area contributed by atoms with Gasteiger partial charge in [-0.05, 0) is 26.3 Å². The van der Waals surface area contributed by atoms with Gasteiger partial charge in [0.2, 0.25) is 0 Å². The van der Waals surface area contributed by atoms with Gasteiger partial charge < -0.3 is 10.1 Å². The summed E-state index contributed by atoms with van der Waals surface area (Å²) in [6, 6.07) is 7.06. The zero-order valence-electron chi connectivity index (χ0n) is 10.8. The Morgan fingerprint density at radius 3 is 2.67 bits per heavy atom. The number of ether oxygens (including phenoxy) is 1. The van der Waals surface area contributed by atoms with Crippen molar-refractivity contribution < 1.29 is 14.3 Å². The Balaban J connectivity index is 2.09. The fourth-order valence-corrected chi connectivity index (χ4v) is 2.04. The van der Waals surface area contributed by atoms with Crippen LogP contribution in [0.3, 0.4) is 0 Å². The first-order valence-electron chi connectivity index (χ1n) is 5.98. The van der Waals surface area contributed by atoms with Gasteiger partial charge in [0.05, 0.1) is 6.04 Å². The summed E-state index contributed by atoms with van der Waals surface area (Å²) < 4.78 is 5.19. The molecule has 0 unspecified atom stereocenters. The molecule has 1 N–H and O–H groups in total. The molecule has 0 fully saturated rings. The fourth-order valence-electron chi connectivity index (χ4n) is 2.04. The smallest absolute Gasteiger partial charge is 0.408 e. The molecule has 96 valence electrons. The van der Waals surface area contributed by atoms with Crippen molar-refractivity contribution in [1.29, 1.82) is 0 Å². The van der Waals surface area contributed by atoms with Gasteiger partial charge in [-0.2, -0.15) is 0 Å². The number of ketones is 1. The van der Waals surface area contributed by atoms with Crippen LogP contribution in [0.2, 0.25) is 0 Å². The highest BCUT2D eigenvalue weighted by Crippen LogP contribution is 2.30. The van der Waals surface area contributed by atoms with Crippen LogP contribution in [-0.4, -0.2) is 17.5 Å². The lowest BCUT2D eigenvalue weighted by Crippen LogP contribution is -2.34. The topological polar surface area (TPSA) is 55.4 Å². The number of amides is 1. The zero-order valence-corrected chi connectivity index (χ0v) is 10.8. The molecule has 0 heterocycles. The highest BCUT2D eigenvalue weighted by atomic mass is 16.6. The van der Waals surface area contributed by atoms with E-state index in [1.54, 1.807) is 26.8 Å². The minimum absolute atomic E-state index is 0.0617. The van der Waals surface area contributed by atoms with Crippen molar-refractivity contribution in [3.05, 3.63) is 35.4 Å². The third-order valence-electron chi connectivity index (χ3n) is 2.72. The van der Waals surface area contributed by atoms with Crippen molar-refractivity contribution in [3.8, 4) is 0 Å². The van der Waals surface area contributed by atoms with E-state index in [-0.39, 0.29) is 11.8 Å². The molecule has 0 spiro atoms. The number of benzene rings is 1. The summed E-state index contributed by atoms with van der Waals surface area (Å²) >= 11 is 0. The van der Waals surface area contributed by atoms with Crippen molar-refractivity contribution >= 4 is 11.9 Å². The molecule has 0 bridgehead atoms. The first kappa shape index (κ1) is 12.6. The lowest BCUT2D eigenvalue weighted by Gasteiger charge is -2.21. The summed E-state index contributed by atoms with van der Waals surface area (Å²) in [7, 11) is 0. The van der Waals surface area contributed by atoms with Crippen molar-refractivity contribution in [2.24, 2.45) is 0 Å². The normalized spacial score (nSPS) is 18.4. The number of carbonyl (C=O) groups excluding carboxylic acids is 2. The molecular weight excluding hydrogens is 230 g/mol. The molecule has 18 heavy (non-hydrogen) atoms. The number of fused-ring (bicyclic) bond motifs is 1. The average Bonchev–Trinajstić information content (AvgIpc) is 2.54. The van der Waals surface area contributed by atoms with Gasteiger partial charge in [-0.25, -0.2) is 4.79 Å². The van der Waals surface area contributed by atoms with E-state index in [0.717, 1.165) is 5.56 Å². The number of hydrogen-bond donors (Lipinski definition) is 1. The number of rotatable bonds is 1. The second kappa shape index (κ2) is 4.44. The van der Waals surface area contributed by atoms with Crippen molar-refractivity contribution in [3.63, 3.8) is 0 Å². The van der Waals surface area contributed by atoms with Crippen LogP contribution in [0.1, 0.15) is 49.2 Å². The molecule has 2 rings (SSSR count). The molecule has 1 aliphatic carbocycles. The Labute approximate surface area is 106 Å². The van der Waals surface area contributed by atoms with E-state index in [2.05, 4.69) is 5.32 Å². The summed E-state index contributed by atoms with van der Waals surface area (Å²) in [6.07, 6.45) is -0.185. The number of alkyl carbamates (subject to hydrolysis) is 1. The standard InChI is InChI=1S/C14H17NO3/c1-14(2,3)18-13(17)15-11-8-12(16)10-7-5-4-6-9(10)11/h4-7,11H,8H2,1-3H3,(H,15,17)/t11-/m1/s1. The van der Waals surface area contributed by atoms with Gasteiger partial charge in [0.1, 0.15) is 5.60 Å². The Morgan fingerprint density at radius 2 is 2.00 bits per heavy atom. The Hall–Kier alpha value is -1.84. The number of hydrogen-bond acceptors (Lipinski definition) is 3. The van der Waals surface area contributed by atoms with E-state index < -0.39 is 11.7 Å². The second-order valence-corrected chi connectivity index (χ2v) is 5.41. The van der Waals surface area contributed by atoms with Crippen LogP contribution in [0.15, 0.2) is 24.3 Å². The lowest BCUT2D eigenvalue weighted by atomic mass is 10.1. The van der Waals surface area contributed by atoms with Crippen LogP contribution < -0.4 is 5.32 Å². The summed E-state index contributed by atoms with van der Waals surface area (Å²) in [5.74, 6) is 0.0617. The molecular formula is C14H17NO3. The molecule has 1 amide bonds.